The maximum atomic E-state index is 11.8. The van der Waals surface area contributed by atoms with Crippen molar-refractivity contribution in [3.05, 3.63) is 61.8 Å². The first-order valence-corrected chi connectivity index (χ1v) is 7.52. The highest BCUT2D eigenvalue weighted by Crippen LogP contribution is 2.36. The highest BCUT2D eigenvalue weighted by molar-refractivity contribution is 14.1. The minimum Gasteiger partial charge on any atom is -0.309 e. The Labute approximate surface area is 126 Å². The summed E-state index contributed by atoms with van der Waals surface area (Å²) in [5, 5.41) is 0. The Kier molecular flexibility index (Phi) is 4.39. The number of nitrogens with one attached hydrogen (secondary N) is 1. The lowest BCUT2D eigenvalue weighted by molar-refractivity contribution is 0.447. The van der Waals surface area contributed by atoms with Gasteiger partial charge in [0.25, 0.3) is 5.56 Å². The Hall–Kier alpha value is -1.17. The number of aromatic amines is 1. The molecule has 2 aromatic rings. The van der Waals surface area contributed by atoms with Gasteiger partial charge in [-0.25, -0.2) is 4.98 Å². The third kappa shape index (κ3) is 2.59. The van der Waals surface area contributed by atoms with Crippen molar-refractivity contribution in [2.24, 2.45) is 0 Å². The molecule has 1 aromatic heterocycles. The van der Waals surface area contributed by atoms with Gasteiger partial charge in [0.2, 0.25) is 0 Å². The van der Waals surface area contributed by atoms with Gasteiger partial charge in [-0.3, -0.25) is 4.79 Å². The average Bonchev–Trinajstić information content (AvgIpc) is 2.46. The number of rotatable bonds is 4. The number of nitrogens with zero attached hydrogens (tertiary/aromatic N) is 1. The lowest BCUT2D eigenvalue weighted by Crippen LogP contribution is -2.31. The molecule has 19 heavy (non-hydrogen) atoms. The Bertz CT molecular complexity index is 603. The monoisotopic (exact) mass is 368 g/mol. The third-order valence-electron chi connectivity index (χ3n) is 3.74. The van der Waals surface area contributed by atoms with Crippen LogP contribution in [-0.4, -0.2) is 9.97 Å². The molecule has 0 amide bonds. The summed E-state index contributed by atoms with van der Waals surface area (Å²) in [6.45, 7) is 4.27. The predicted octanol–water partition coefficient (Wildman–Crippen LogP) is 3.48. The number of halogens is 1. The Morgan fingerprint density at radius 3 is 2.37 bits per heavy atom. The van der Waals surface area contributed by atoms with Crippen molar-refractivity contribution in [3.8, 4) is 0 Å². The highest BCUT2D eigenvalue weighted by Gasteiger charge is 2.33. The van der Waals surface area contributed by atoms with Crippen LogP contribution in [0.4, 0.5) is 0 Å². The molecule has 0 spiro atoms. The summed E-state index contributed by atoms with van der Waals surface area (Å²) in [4.78, 5) is 19.3. The molecule has 1 heterocycles. The van der Waals surface area contributed by atoms with Crippen LogP contribution in [-0.2, 0) is 5.41 Å². The quantitative estimate of drug-likeness (QED) is 0.840. The van der Waals surface area contributed by atoms with Crippen molar-refractivity contribution in [2.75, 3.05) is 0 Å². The second-order valence-corrected chi connectivity index (χ2v) is 5.73. The second-order valence-electron chi connectivity index (χ2n) is 4.56. The smallest absolute Gasteiger partial charge is 0.264 e. The largest absolute Gasteiger partial charge is 0.309 e. The first kappa shape index (κ1) is 14.2. The van der Waals surface area contributed by atoms with E-state index in [4.69, 9.17) is 0 Å². The van der Waals surface area contributed by atoms with E-state index in [0.717, 1.165) is 18.7 Å². The van der Waals surface area contributed by atoms with E-state index in [1.807, 2.05) is 40.8 Å². The van der Waals surface area contributed by atoms with Crippen LogP contribution < -0.4 is 5.56 Å². The van der Waals surface area contributed by atoms with Gasteiger partial charge in [0.05, 0.1) is 8.99 Å². The molecule has 1 aromatic carbocycles. The van der Waals surface area contributed by atoms with Crippen LogP contribution in [0.25, 0.3) is 0 Å². The van der Waals surface area contributed by atoms with E-state index in [2.05, 4.69) is 35.9 Å². The Balaban J connectivity index is 2.62. The van der Waals surface area contributed by atoms with E-state index in [9.17, 15) is 4.79 Å². The zero-order valence-electron chi connectivity index (χ0n) is 11.1. The lowest BCUT2D eigenvalue weighted by atomic mass is 9.75. The maximum Gasteiger partial charge on any atom is 0.264 e. The number of aromatic nitrogens is 2. The summed E-state index contributed by atoms with van der Waals surface area (Å²) in [6, 6.07) is 10.3. The second kappa shape index (κ2) is 5.86. The minimum absolute atomic E-state index is 0.0622. The number of hydrogen-bond acceptors (Lipinski definition) is 2. The van der Waals surface area contributed by atoms with Crippen molar-refractivity contribution in [2.45, 2.75) is 32.1 Å². The van der Waals surface area contributed by atoms with E-state index < -0.39 is 0 Å². The van der Waals surface area contributed by atoms with Gasteiger partial charge in [-0.05, 0) is 41.0 Å². The molecule has 100 valence electrons. The van der Waals surface area contributed by atoms with Gasteiger partial charge in [-0.1, -0.05) is 44.2 Å². The maximum absolute atomic E-state index is 11.8. The molecule has 1 N–H and O–H groups in total. The fourth-order valence-electron chi connectivity index (χ4n) is 2.51. The normalized spacial score (nSPS) is 11.5. The Morgan fingerprint density at radius 1 is 1.21 bits per heavy atom. The van der Waals surface area contributed by atoms with Gasteiger partial charge in [-0.15, -0.1) is 0 Å². The summed E-state index contributed by atoms with van der Waals surface area (Å²) in [6.07, 6.45) is 3.45. The van der Waals surface area contributed by atoms with Gasteiger partial charge < -0.3 is 4.98 Å². The minimum atomic E-state index is -0.218. The summed E-state index contributed by atoms with van der Waals surface area (Å²) < 4.78 is 0.621. The van der Waals surface area contributed by atoms with Gasteiger partial charge in [-0.2, -0.15) is 0 Å². The van der Waals surface area contributed by atoms with Crippen LogP contribution in [0.5, 0.6) is 0 Å². The molecule has 0 aliphatic carbocycles. The lowest BCUT2D eigenvalue weighted by Gasteiger charge is -2.31. The number of hydrogen-bond donors (Lipinski definition) is 1. The van der Waals surface area contributed by atoms with E-state index in [-0.39, 0.29) is 11.0 Å². The molecule has 2 rings (SSSR count). The zero-order chi connectivity index (χ0) is 13.9. The molecule has 0 atom stereocenters. The van der Waals surface area contributed by atoms with Gasteiger partial charge in [0.15, 0.2) is 0 Å². The molecule has 0 aliphatic heterocycles. The summed E-state index contributed by atoms with van der Waals surface area (Å²) in [7, 11) is 0. The first-order chi connectivity index (χ1) is 9.14. The summed E-state index contributed by atoms with van der Waals surface area (Å²) in [5.41, 5.74) is 0.919. The van der Waals surface area contributed by atoms with Crippen molar-refractivity contribution in [1.29, 1.82) is 0 Å². The van der Waals surface area contributed by atoms with Gasteiger partial charge in [0, 0.05) is 6.20 Å². The molecule has 0 saturated carbocycles. The van der Waals surface area contributed by atoms with Crippen LogP contribution in [0.15, 0.2) is 41.3 Å². The third-order valence-corrected chi connectivity index (χ3v) is 4.51. The molecule has 3 nitrogen and oxygen atoms in total. The summed E-state index contributed by atoms with van der Waals surface area (Å²) >= 11 is 2.00. The van der Waals surface area contributed by atoms with E-state index in [1.165, 1.54) is 5.56 Å². The highest BCUT2D eigenvalue weighted by atomic mass is 127. The fourth-order valence-corrected chi connectivity index (χ4v) is 2.78. The standard InChI is InChI=1S/C15H17IN2O/c1-3-15(4-2,11-8-6-5-7-9-11)14-17-10-12(16)13(19)18-14/h5-10H,3-4H2,1-2H3,(H,17,18,19). The molecule has 0 aliphatic rings. The molecular formula is C15H17IN2O. The molecule has 4 heteroatoms. The van der Waals surface area contributed by atoms with Crippen molar-refractivity contribution >= 4 is 22.6 Å². The van der Waals surface area contributed by atoms with Crippen LogP contribution >= 0.6 is 22.6 Å². The SMILES string of the molecule is CCC(CC)(c1ccccc1)c1ncc(I)c(=O)[nH]1. The van der Waals surface area contributed by atoms with Crippen molar-refractivity contribution in [1.82, 2.24) is 9.97 Å². The fraction of sp³-hybridized carbons (Fsp3) is 0.333. The van der Waals surface area contributed by atoms with Gasteiger partial charge >= 0.3 is 0 Å². The molecule has 0 fully saturated rings. The van der Waals surface area contributed by atoms with Crippen molar-refractivity contribution < 1.29 is 0 Å². The van der Waals surface area contributed by atoms with Crippen molar-refractivity contribution in [3.63, 3.8) is 0 Å². The van der Waals surface area contributed by atoms with Crippen LogP contribution in [0.2, 0.25) is 0 Å². The zero-order valence-corrected chi connectivity index (χ0v) is 13.3. The molecule has 0 unspecified atom stereocenters. The topological polar surface area (TPSA) is 45.8 Å². The van der Waals surface area contributed by atoms with E-state index in [1.54, 1.807) is 6.20 Å². The average molecular weight is 368 g/mol. The number of benzene rings is 1. The number of H-pyrrole nitrogens is 1. The van der Waals surface area contributed by atoms with E-state index in [0.29, 0.717) is 3.57 Å². The summed E-state index contributed by atoms with van der Waals surface area (Å²) in [5.74, 6) is 0.758. The van der Waals surface area contributed by atoms with Crippen LogP contribution in [0.3, 0.4) is 0 Å². The van der Waals surface area contributed by atoms with E-state index >= 15 is 0 Å². The first-order valence-electron chi connectivity index (χ1n) is 6.45. The molecular weight excluding hydrogens is 351 g/mol. The van der Waals surface area contributed by atoms with Gasteiger partial charge in [0.1, 0.15) is 5.82 Å². The molecule has 0 radical (unpaired) electrons. The molecule has 0 saturated heterocycles. The predicted molar refractivity (Wildman–Crippen MR) is 85.4 cm³/mol. The Morgan fingerprint density at radius 2 is 1.84 bits per heavy atom. The van der Waals surface area contributed by atoms with Crippen LogP contribution in [0, 0.1) is 3.57 Å². The molecule has 0 bridgehead atoms. The van der Waals surface area contributed by atoms with Crippen LogP contribution in [0.1, 0.15) is 38.1 Å².